The third-order valence-corrected chi connectivity index (χ3v) is 11.2. The molecule has 238 valence electrons. The molecule has 49 heavy (non-hydrogen) atoms. The molecule has 0 radical (unpaired) electrons. The van der Waals surface area contributed by atoms with Crippen LogP contribution in [0.5, 0.6) is 0 Å². The van der Waals surface area contributed by atoms with Crippen LogP contribution < -0.4 is 4.57 Å². The van der Waals surface area contributed by atoms with Gasteiger partial charge in [0.2, 0.25) is 6.04 Å². The molecule has 0 amide bonds. The molecule has 0 spiro atoms. The second kappa shape index (κ2) is 12.2. The maximum absolute atomic E-state index is 2.44. The smallest absolute Gasteiger partial charge is 0.194 e. The Balaban J connectivity index is 1.26. The summed E-state index contributed by atoms with van der Waals surface area (Å²) < 4.78 is 2.32. The van der Waals surface area contributed by atoms with Crippen molar-refractivity contribution in [1.29, 1.82) is 0 Å². The molecule has 1 atom stereocenters. The number of rotatable bonds is 6. The minimum absolute atomic E-state index is 0.0244. The van der Waals surface area contributed by atoms with Gasteiger partial charge in [0.1, 0.15) is 0 Å². The first kappa shape index (κ1) is 30.8. The van der Waals surface area contributed by atoms with Crippen LogP contribution in [-0.4, -0.2) is 0 Å². The Morgan fingerprint density at radius 2 is 0.755 bits per heavy atom. The highest BCUT2D eigenvalue weighted by Gasteiger charge is 2.45. The molecule has 6 aromatic carbocycles. The standard InChI is InChI=1S/C48H42N/c1-47(2)44-26-24-38(35-18-10-6-11-19-35)32-42(44)43-33-39(25-27-45(43)48(47,3)4)37-21-15-23-41(31-37)46(49-28-12-7-13-29-49)40-22-14-20-36(30-40)34-16-8-5-9-17-34/h5-33,46H,1-4H3/q+1. The van der Waals surface area contributed by atoms with Gasteiger partial charge in [-0.1, -0.05) is 155 Å². The van der Waals surface area contributed by atoms with E-state index >= 15 is 0 Å². The van der Waals surface area contributed by atoms with Crippen LogP contribution in [0, 0.1) is 0 Å². The highest BCUT2D eigenvalue weighted by molar-refractivity contribution is 5.85. The molecule has 0 saturated carbocycles. The predicted octanol–water partition coefficient (Wildman–Crippen LogP) is 11.8. The fourth-order valence-electron chi connectivity index (χ4n) is 7.82. The zero-order valence-corrected chi connectivity index (χ0v) is 28.8. The van der Waals surface area contributed by atoms with Gasteiger partial charge in [0.05, 0.1) is 0 Å². The number of fused-ring (bicyclic) bond motifs is 3. The summed E-state index contributed by atoms with van der Waals surface area (Å²) in [5.74, 6) is 0. The number of benzene rings is 6. The Morgan fingerprint density at radius 3 is 1.24 bits per heavy atom. The molecule has 0 fully saturated rings. The zero-order chi connectivity index (χ0) is 33.6. The molecule has 1 heteroatoms. The summed E-state index contributed by atoms with van der Waals surface area (Å²) in [5.41, 5.74) is 15.4. The van der Waals surface area contributed by atoms with Crippen LogP contribution in [0.2, 0.25) is 0 Å². The fraction of sp³-hybridized carbons (Fsp3) is 0.146. The number of nitrogens with zero attached hydrogens (tertiary/aromatic N) is 1. The Labute approximate surface area is 291 Å². The first-order chi connectivity index (χ1) is 23.8. The van der Waals surface area contributed by atoms with Gasteiger partial charge in [0.25, 0.3) is 0 Å². The molecule has 1 aliphatic carbocycles. The third kappa shape index (κ3) is 5.40. The maximum Gasteiger partial charge on any atom is 0.208 e. The minimum Gasteiger partial charge on any atom is -0.194 e. The topological polar surface area (TPSA) is 3.88 Å². The fourth-order valence-corrected chi connectivity index (χ4v) is 7.82. The molecule has 0 aliphatic heterocycles. The van der Waals surface area contributed by atoms with Gasteiger partial charge < -0.3 is 0 Å². The Morgan fingerprint density at radius 1 is 0.367 bits per heavy atom. The predicted molar refractivity (Wildman–Crippen MR) is 205 cm³/mol. The summed E-state index contributed by atoms with van der Waals surface area (Å²) in [6.45, 7) is 9.63. The lowest BCUT2D eigenvalue weighted by atomic mass is 9.55. The van der Waals surface area contributed by atoms with E-state index in [9.17, 15) is 0 Å². The van der Waals surface area contributed by atoms with E-state index in [0.29, 0.717) is 0 Å². The molecule has 0 bridgehead atoms. The van der Waals surface area contributed by atoms with Crippen molar-refractivity contribution < 1.29 is 4.57 Å². The Bertz CT molecular complexity index is 2260. The lowest BCUT2D eigenvalue weighted by Gasteiger charge is -2.48. The number of pyridine rings is 1. The van der Waals surface area contributed by atoms with E-state index in [1.165, 1.54) is 66.8 Å². The Hall–Kier alpha value is -5.53. The summed E-state index contributed by atoms with van der Waals surface area (Å²) in [6, 6.07) is 60.2. The highest BCUT2D eigenvalue weighted by Crippen LogP contribution is 2.55. The summed E-state index contributed by atoms with van der Waals surface area (Å²) >= 11 is 0. The van der Waals surface area contributed by atoms with Gasteiger partial charge in [-0.05, 0) is 90.7 Å². The molecular weight excluding hydrogens is 591 g/mol. The van der Waals surface area contributed by atoms with E-state index < -0.39 is 0 Å². The maximum atomic E-state index is 2.44. The Kier molecular flexibility index (Phi) is 7.64. The van der Waals surface area contributed by atoms with Crippen LogP contribution in [0.3, 0.4) is 0 Å². The molecule has 1 aliphatic rings. The van der Waals surface area contributed by atoms with Gasteiger partial charge in [-0.2, -0.15) is 4.57 Å². The average molecular weight is 633 g/mol. The van der Waals surface area contributed by atoms with Crippen molar-refractivity contribution >= 4 is 0 Å². The SMILES string of the molecule is CC1(C)c2ccc(-c3ccccc3)cc2-c2cc(-c3cccc(C(c4cccc(-c5ccccc5)c4)[n+]4ccccc4)c3)ccc2C1(C)C. The van der Waals surface area contributed by atoms with Crippen molar-refractivity contribution in [1.82, 2.24) is 0 Å². The van der Waals surface area contributed by atoms with Crippen molar-refractivity contribution in [2.45, 2.75) is 44.6 Å². The van der Waals surface area contributed by atoms with Crippen molar-refractivity contribution in [2.24, 2.45) is 0 Å². The second-order valence-corrected chi connectivity index (χ2v) is 14.5. The zero-order valence-electron chi connectivity index (χ0n) is 28.8. The second-order valence-electron chi connectivity index (χ2n) is 14.5. The largest absolute Gasteiger partial charge is 0.208 e. The summed E-state index contributed by atoms with van der Waals surface area (Å²) in [6.07, 6.45) is 4.35. The third-order valence-electron chi connectivity index (χ3n) is 11.2. The van der Waals surface area contributed by atoms with Gasteiger partial charge >= 0.3 is 0 Å². The lowest BCUT2D eigenvalue weighted by Crippen LogP contribution is -2.43. The van der Waals surface area contributed by atoms with E-state index in [-0.39, 0.29) is 16.9 Å². The molecule has 0 saturated heterocycles. The van der Waals surface area contributed by atoms with E-state index in [4.69, 9.17) is 0 Å². The van der Waals surface area contributed by atoms with Crippen molar-refractivity contribution in [3.05, 3.63) is 198 Å². The van der Waals surface area contributed by atoms with Gasteiger partial charge in [0, 0.05) is 23.3 Å². The molecule has 1 heterocycles. The molecule has 1 nitrogen and oxygen atoms in total. The molecular formula is C48H42N+. The molecule has 1 aromatic heterocycles. The molecule has 0 N–H and O–H groups in total. The van der Waals surface area contributed by atoms with Crippen LogP contribution in [-0.2, 0) is 10.8 Å². The van der Waals surface area contributed by atoms with Crippen molar-refractivity contribution in [2.75, 3.05) is 0 Å². The molecule has 1 unspecified atom stereocenters. The number of aromatic nitrogens is 1. The van der Waals surface area contributed by atoms with Crippen LogP contribution in [0.1, 0.15) is 56.0 Å². The first-order valence-corrected chi connectivity index (χ1v) is 17.4. The summed E-state index contributed by atoms with van der Waals surface area (Å²) in [7, 11) is 0. The van der Waals surface area contributed by atoms with E-state index in [2.05, 4.69) is 208 Å². The highest BCUT2D eigenvalue weighted by atomic mass is 15.0. The minimum atomic E-state index is -0.0389. The van der Waals surface area contributed by atoms with E-state index in [1.807, 2.05) is 0 Å². The van der Waals surface area contributed by atoms with E-state index in [0.717, 1.165) is 0 Å². The normalized spacial score (nSPS) is 14.8. The monoisotopic (exact) mass is 632 g/mol. The number of hydrogen-bond acceptors (Lipinski definition) is 0. The van der Waals surface area contributed by atoms with Crippen LogP contribution >= 0.6 is 0 Å². The first-order valence-electron chi connectivity index (χ1n) is 17.4. The summed E-state index contributed by atoms with van der Waals surface area (Å²) in [5, 5.41) is 0. The van der Waals surface area contributed by atoms with E-state index in [1.54, 1.807) is 0 Å². The van der Waals surface area contributed by atoms with Crippen LogP contribution in [0.25, 0.3) is 44.5 Å². The van der Waals surface area contributed by atoms with Crippen LogP contribution in [0.4, 0.5) is 0 Å². The lowest BCUT2D eigenvalue weighted by molar-refractivity contribution is -0.704. The summed E-state index contributed by atoms with van der Waals surface area (Å²) in [4.78, 5) is 0. The van der Waals surface area contributed by atoms with Gasteiger partial charge in [-0.3, -0.25) is 0 Å². The number of hydrogen-bond donors (Lipinski definition) is 0. The van der Waals surface area contributed by atoms with Crippen molar-refractivity contribution in [3.63, 3.8) is 0 Å². The average Bonchev–Trinajstić information content (AvgIpc) is 3.15. The van der Waals surface area contributed by atoms with Gasteiger partial charge in [0.15, 0.2) is 12.4 Å². The molecule has 7 aromatic rings. The molecule has 8 rings (SSSR count). The van der Waals surface area contributed by atoms with Gasteiger partial charge in [-0.25, -0.2) is 0 Å². The quantitative estimate of drug-likeness (QED) is 0.161. The van der Waals surface area contributed by atoms with Gasteiger partial charge in [-0.15, -0.1) is 0 Å². The van der Waals surface area contributed by atoms with Crippen molar-refractivity contribution in [3.8, 4) is 44.5 Å². The van der Waals surface area contributed by atoms with Crippen LogP contribution in [0.15, 0.2) is 176 Å².